The van der Waals surface area contributed by atoms with Gasteiger partial charge in [0.15, 0.2) is 0 Å². The van der Waals surface area contributed by atoms with Crippen LogP contribution >= 0.6 is 11.6 Å². The number of nitrogens with one attached hydrogen (secondary N) is 2. The van der Waals surface area contributed by atoms with Gasteiger partial charge in [0.25, 0.3) is 5.56 Å². The second-order valence-corrected chi connectivity index (χ2v) is 7.79. The number of aromatic amines is 1. The summed E-state index contributed by atoms with van der Waals surface area (Å²) in [5, 5.41) is 3.50. The number of carbonyl (C=O) groups is 1. The number of nitrogens with zero attached hydrogens (tertiary/aromatic N) is 3. The third-order valence-corrected chi connectivity index (χ3v) is 5.47. The molecule has 4 rings (SSSR count). The predicted molar refractivity (Wildman–Crippen MR) is 120 cm³/mol. The van der Waals surface area contributed by atoms with Crippen molar-refractivity contribution in [3.05, 3.63) is 69.4 Å². The first-order valence-corrected chi connectivity index (χ1v) is 10.5. The summed E-state index contributed by atoms with van der Waals surface area (Å²) in [7, 11) is 0. The van der Waals surface area contributed by atoms with Gasteiger partial charge in [-0.15, -0.1) is 0 Å². The lowest BCUT2D eigenvalue weighted by Gasteiger charge is -2.27. The fraction of sp³-hybridized carbons (Fsp3) is 0.318. The number of rotatable bonds is 6. The molecule has 1 fully saturated rings. The number of carbonyl (C=O) groups excluding carboxylic acids is 1. The Morgan fingerprint density at radius 3 is 2.71 bits per heavy atom. The number of hydrogen-bond donors (Lipinski definition) is 2. The third kappa shape index (κ3) is 4.98. The molecule has 8 nitrogen and oxygen atoms in total. The summed E-state index contributed by atoms with van der Waals surface area (Å²) < 4.78 is 7.22. The first-order valence-electron chi connectivity index (χ1n) is 10.2. The topological polar surface area (TPSA) is 92.2 Å². The Kier molecular flexibility index (Phi) is 6.39. The molecule has 2 aromatic heterocycles. The molecule has 0 saturated carbocycles. The molecule has 0 atom stereocenters. The van der Waals surface area contributed by atoms with Crippen molar-refractivity contribution in [3.8, 4) is 5.69 Å². The van der Waals surface area contributed by atoms with Gasteiger partial charge in [-0.2, -0.15) is 0 Å². The molecule has 0 radical (unpaired) electrons. The van der Waals surface area contributed by atoms with Gasteiger partial charge in [-0.05, 0) is 43.7 Å². The van der Waals surface area contributed by atoms with Crippen LogP contribution in [0.2, 0.25) is 5.02 Å². The molecule has 1 amide bonds. The Morgan fingerprint density at radius 2 is 2.00 bits per heavy atom. The first kappa shape index (κ1) is 21.1. The number of aromatic nitrogens is 3. The molecular formula is C22H24ClN5O3. The average Bonchev–Trinajstić information content (AvgIpc) is 3.29. The van der Waals surface area contributed by atoms with Crippen LogP contribution in [0, 0.1) is 6.92 Å². The lowest BCUT2D eigenvalue weighted by atomic mass is 10.1. The Bertz CT molecular complexity index is 1120. The highest BCUT2D eigenvalue weighted by Gasteiger charge is 2.17. The van der Waals surface area contributed by atoms with E-state index in [9.17, 15) is 9.59 Å². The lowest BCUT2D eigenvalue weighted by Crippen LogP contribution is -2.38. The van der Waals surface area contributed by atoms with E-state index in [2.05, 4.69) is 15.3 Å². The Labute approximate surface area is 184 Å². The summed E-state index contributed by atoms with van der Waals surface area (Å²) in [5.74, 6) is 0.364. The molecule has 3 heterocycles. The fourth-order valence-corrected chi connectivity index (χ4v) is 3.75. The van der Waals surface area contributed by atoms with E-state index >= 15 is 0 Å². The molecule has 0 bridgehead atoms. The second-order valence-electron chi connectivity index (χ2n) is 7.35. The van der Waals surface area contributed by atoms with Crippen LogP contribution in [0.25, 0.3) is 5.69 Å². The number of hydrogen-bond acceptors (Lipinski definition) is 5. The van der Waals surface area contributed by atoms with E-state index in [1.54, 1.807) is 25.1 Å². The van der Waals surface area contributed by atoms with Crippen molar-refractivity contribution < 1.29 is 9.53 Å². The normalized spacial score (nSPS) is 13.9. The van der Waals surface area contributed by atoms with Crippen molar-refractivity contribution in [2.24, 2.45) is 0 Å². The highest BCUT2D eigenvalue weighted by molar-refractivity contribution is 6.30. The van der Waals surface area contributed by atoms with Crippen LogP contribution in [0.4, 0.5) is 11.6 Å². The molecule has 1 saturated heterocycles. The third-order valence-electron chi connectivity index (χ3n) is 5.24. The SMILES string of the molecule is Cc1nc(N2CCOCC2)[nH]c(=O)c1CCC(=O)Nc1ccc(Cl)cc1-n1cccc1. The van der Waals surface area contributed by atoms with E-state index in [0.29, 0.717) is 60.6 Å². The molecule has 0 aliphatic carbocycles. The quantitative estimate of drug-likeness (QED) is 0.613. The van der Waals surface area contributed by atoms with Crippen LogP contribution < -0.4 is 15.8 Å². The Morgan fingerprint density at radius 1 is 1.26 bits per heavy atom. The van der Waals surface area contributed by atoms with Gasteiger partial charge in [0, 0.05) is 48.2 Å². The lowest BCUT2D eigenvalue weighted by molar-refractivity contribution is -0.116. The summed E-state index contributed by atoms with van der Waals surface area (Å²) in [4.78, 5) is 34.6. The zero-order chi connectivity index (χ0) is 21.8. The highest BCUT2D eigenvalue weighted by Crippen LogP contribution is 2.25. The number of aryl methyl sites for hydroxylation is 1. The minimum absolute atomic E-state index is 0.163. The van der Waals surface area contributed by atoms with Crippen LogP contribution in [0.15, 0.2) is 47.5 Å². The monoisotopic (exact) mass is 441 g/mol. The molecular weight excluding hydrogens is 418 g/mol. The summed E-state index contributed by atoms with van der Waals surface area (Å²) >= 11 is 6.13. The summed E-state index contributed by atoms with van der Waals surface area (Å²) in [6, 6.07) is 9.09. The van der Waals surface area contributed by atoms with Gasteiger partial charge >= 0.3 is 0 Å². The van der Waals surface area contributed by atoms with Gasteiger partial charge in [0.05, 0.1) is 24.6 Å². The van der Waals surface area contributed by atoms with Gasteiger partial charge in [0.2, 0.25) is 11.9 Å². The molecule has 0 unspecified atom stereocenters. The maximum Gasteiger partial charge on any atom is 0.255 e. The molecule has 31 heavy (non-hydrogen) atoms. The molecule has 0 spiro atoms. The van der Waals surface area contributed by atoms with E-state index in [1.807, 2.05) is 34.0 Å². The number of H-pyrrole nitrogens is 1. The van der Waals surface area contributed by atoms with Gasteiger partial charge in [0.1, 0.15) is 0 Å². The van der Waals surface area contributed by atoms with E-state index < -0.39 is 0 Å². The Hall–Kier alpha value is -3.10. The average molecular weight is 442 g/mol. The van der Waals surface area contributed by atoms with E-state index in [0.717, 1.165) is 5.69 Å². The molecule has 9 heteroatoms. The number of benzene rings is 1. The highest BCUT2D eigenvalue weighted by atomic mass is 35.5. The van der Waals surface area contributed by atoms with E-state index in [1.165, 1.54) is 0 Å². The molecule has 2 N–H and O–H groups in total. The smallest absolute Gasteiger partial charge is 0.255 e. The molecule has 3 aromatic rings. The van der Waals surface area contributed by atoms with Crippen LogP contribution in [0.5, 0.6) is 0 Å². The van der Waals surface area contributed by atoms with E-state index in [4.69, 9.17) is 16.3 Å². The largest absolute Gasteiger partial charge is 0.378 e. The van der Waals surface area contributed by atoms with Gasteiger partial charge in [-0.25, -0.2) is 4.98 Å². The second kappa shape index (κ2) is 9.36. The van der Waals surface area contributed by atoms with Crippen LogP contribution in [-0.4, -0.2) is 46.7 Å². The Balaban J connectivity index is 1.44. The molecule has 1 aliphatic heterocycles. The summed E-state index contributed by atoms with van der Waals surface area (Å²) in [5.41, 5.74) is 2.38. The van der Waals surface area contributed by atoms with Crippen LogP contribution in [0.1, 0.15) is 17.7 Å². The van der Waals surface area contributed by atoms with E-state index in [-0.39, 0.29) is 17.9 Å². The molecule has 162 valence electrons. The van der Waals surface area contributed by atoms with Crippen molar-refractivity contribution >= 4 is 29.1 Å². The predicted octanol–water partition coefficient (Wildman–Crippen LogP) is 2.93. The summed E-state index contributed by atoms with van der Waals surface area (Å²) in [6.45, 7) is 4.40. The zero-order valence-electron chi connectivity index (χ0n) is 17.2. The number of halogens is 1. The summed E-state index contributed by atoms with van der Waals surface area (Å²) in [6.07, 6.45) is 4.23. The van der Waals surface area contributed by atoms with Crippen molar-refractivity contribution in [3.63, 3.8) is 0 Å². The van der Waals surface area contributed by atoms with Gasteiger partial charge < -0.3 is 19.5 Å². The minimum Gasteiger partial charge on any atom is -0.378 e. The number of morpholine rings is 1. The van der Waals surface area contributed by atoms with Crippen LogP contribution in [-0.2, 0) is 16.0 Å². The zero-order valence-corrected chi connectivity index (χ0v) is 18.0. The minimum atomic E-state index is -0.207. The molecule has 1 aromatic carbocycles. The van der Waals surface area contributed by atoms with Crippen molar-refractivity contribution in [2.75, 3.05) is 36.5 Å². The fourth-order valence-electron chi connectivity index (χ4n) is 3.59. The standard InChI is InChI=1S/C22H24ClN5O3/c1-15-17(21(30)26-22(24-15)28-10-12-31-13-11-28)5-7-20(29)25-18-6-4-16(23)14-19(18)27-8-2-3-9-27/h2-4,6,8-9,14H,5,7,10-13H2,1H3,(H,25,29)(H,24,26,30). The molecule has 1 aliphatic rings. The number of ether oxygens (including phenoxy) is 1. The van der Waals surface area contributed by atoms with Crippen molar-refractivity contribution in [1.82, 2.24) is 14.5 Å². The first-order chi connectivity index (χ1) is 15.0. The maximum atomic E-state index is 12.6. The van der Waals surface area contributed by atoms with Crippen LogP contribution in [0.3, 0.4) is 0 Å². The van der Waals surface area contributed by atoms with Crippen molar-refractivity contribution in [1.29, 1.82) is 0 Å². The maximum absolute atomic E-state index is 12.6. The van der Waals surface area contributed by atoms with Gasteiger partial charge in [-0.1, -0.05) is 11.6 Å². The number of amides is 1. The number of anilines is 2. The van der Waals surface area contributed by atoms with Gasteiger partial charge in [-0.3, -0.25) is 14.6 Å². The van der Waals surface area contributed by atoms with Crippen molar-refractivity contribution in [2.45, 2.75) is 19.8 Å².